The molecule has 0 aromatic carbocycles. The molecule has 1 aliphatic rings. The molecule has 0 spiro atoms. The zero-order chi connectivity index (χ0) is 13.0. The molecule has 1 aromatic heterocycles. The SMILES string of the molecule is CCN(CC)C1(C(N)Cc2ccoc2)CCCC1. The number of nitrogens with two attached hydrogens (primary N) is 1. The molecule has 1 fully saturated rings. The third kappa shape index (κ3) is 2.47. The lowest BCUT2D eigenvalue weighted by atomic mass is 9.83. The van der Waals surface area contributed by atoms with E-state index in [1.807, 2.05) is 12.3 Å². The number of hydrogen-bond acceptors (Lipinski definition) is 3. The van der Waals surface area contributed by atoms with Crippen LogP contribution in [0.4, 0.5) is 0 Å². The van der Waals surface area contributed by atoms with Gasteiger partial charge in [0.05, 0.1) is 12.5 Å². The molecule has 102 valence electrons. The van der Waals surface area contributed by atoms with Crippen molar-refractivity contribution >= 4 is 0 Å². The van der Waals surface area contributed by atoms with Gasteiger partial charge in [-0.25, -0.2) is 0 Å². The van der Waals surface area contributed by atoms with E-state index in [9.17, 15) is 0 Å². The summed E-state index contributed by atoms with van der Waals surface area (Å²) in [5.41, 5.74) is 8.01. The average molecular weight is 250 g/mol. The van der Waals surface area contributed by atoms with Crippen LogP contribution < -0.4 is 5.73 Å². The molecule has 18 heavy (non-hydrogen) atoms. The molecular formula is C15H26N2O. The minimum absolute atomic E-state index is 0.206. The summed E-state index contributed by atoms with van der Waals surface area (Å²) in [4.78, 5) is 2.57. The van der Waals surface area contributed by atoms with E-state index in [4.69, 9.17) is 10.2 Å². The predicted molar refractivity (Wildman–Crippen MR) is 74.5 cm³/mol. The first-order valence-corrected chi connectivity index (χ1v) is 7.24. The standard InChI is InChI=1S/C15H26N2O/c1-3-17(4-2)15(8-5-6-9-15)14(16)11-13-7-10-18-12-13/h7,10,12,14H,3-6,8-9,11,16H2,1-2H3. The summed E-state index contributed by atoms with van der Waals surface area (Å²) in [5.74, 6) is 0. The fourth-order valence-corrected chi connectivity index (χ4v) is 3.61. The quantitative estimate of drug-likeness (QED) is 0.844. The van der Waals surface area contributed by atoms with E-state index in [0.29, 0.717) is 0 Å². The first-order chi connectivity index (χ1) is 8.73. The van der Waals surface area contributed by atoms with Gasteiger partial charge in [-0.05, 0) is 44.0 Å². The fraction of sp³-hybridized carbons (Fsp3) is 0.733. The van der Waals surface area contributed by atoms with E-state index in [-0.39, 0.29) is 11.6 Å². The minimum atomic E-state index is 0.206. The van der Waals surface area contributed by atoms with Crippen molar-refractivity contribution in [3.8, 4) is 0 Å². The average Bonchev–Trinajstić information content (AvgIpc) is 3.02. The summed E-state index contributed by atoms with van der Waals surface area (Å²) < 4.78 is 5.15. The Labute approximate surface area is 110 Å². The number of furan rings is 1. The highest BCUT2D eigenvalue weighted by Gasteiger charge is 2.43. The van der Waals surface area contributed by atoms with E-state index >= 15 is 0 Å². The first kappa shape index (κ1) is 13.6. The van der Waals surface area contributed by atoms with Crippen LogP contribution in [0, 0.1) is 0 Å². The highest BCUT2D eigenvalue weighted by molar-refractivity contribution is 5.12. The molecular weight excluding hydrogens is 224 g/mol. The third-order valence-electron chi connectivity index (χ3n) is 4.59. The summed E-state index contributed by atoms with van der Waals surface area (Å²) in [6.07, 6.45) is 9.60. The second-order valence-electron chi connectivity index (χ2n) is 5.43. The number of rotatable bonds is 6. The van der Waals surface area contributed by atoms with Gasteiger partial charge in [0.15, 0.2) is 0 Å². The van der Waals surface area contributed by atoms with Crippen molar-refractivity contribution in [3.05, 3.63) is 24.2 Å². The maximum Gasteiger partial charge on any atom is 0.0935 e. The van der Waals surface area contributed by atoms with Crippen LogP contribution in [0.2, 0.25) is 0 Å². The summed E-state index contributed by atoms with van der Waals surface area (Å²) in [6, 6.07) is 2.24. The predicted octanol–water partition coefficient (Wildman–Crippen LogP) is 2.80. The molecule has 3 nitrogen and oxygen atoms in total. The molecule has 1 unspecified atom stereocenters. The molecule has 0 aliphatic heterocycles. The van der Waals surface area contributed by atoms with Crippen molar-refractivity contribution in [3.63, 3.8) is 0 Å². The molecule has 3 heteroatoms. The lowest BCUT2D eigenvalue weighted by Gasteiger charge is -2.45. The zero-order valence-electron chi connectivity index (χ0n) is 11.7. The number of hydrogen-bond donors (Lipinski definition) is 1. The van der Waals surface area contributed by atoms with Gasteiger partial charge < -0.3 is 10.2 Å². The third-order valence-corrected chi connectivity index (χ3v) is 4.59. The first-order valence-electron chi connectivity index (χ1n) is 7.24. The Hall–Kier alpha value is -0.800. The largest absolute Gasteiger partial charge is 0.472 e. The number of nitrogens with zero attached hydrogens (tertiary/aromatic N) is 1. The van der Waals surface area contributed by atoms with Gasteiger partial charge >= 0.3 is 0 Å². The van der Waals surface area contributed by atoms with Crippen molar-refractivity contribution in [1.82, 2.24) is 4.90 Å². The van der Waals surface area contributed by atoms with Gasteiger partial charge in [-0.15, -0.1) is 0 Å². The number of likely N-dealkylation sites (N-methyl/N-ethyl adjacent to an activating group) is 1. The Kier molecular flexibility index (Phi) is 4.46. The Morgan fingerprint density at radius 1 is 1.33 bits per heavy atom. The van der Waals surface area contributed by atoms with Crippen LogP contribution in [0.15, 0.2) is 23.0 Å². The van der Waals surface area contributed by atoms with E-state index in [1.54, 1.807) is 6.26 Å². The van der Waals surface area contributed by atoms with Crippen molar-refractivity contribution < 1.29 is 4.42 Å². The maximum atomic E-state index is 6.57. The van der Waals surface area contributed by atoms with Gasteiger partial charge in [0, 0.05) is 11.6 Å². The van der Waals surface area contributed by atoms with Crippen molar-refractivity contribution in [2.45, 2.75) is 57.5 Å². The van der Waals surface area contributed by atoms with Gasteiger partial charge in [0.1, 0.15) is 0 Å². The monoisotopic (exact) mass is 250 g/mol. The highest BCUT2D eigenvalue weighted by atomic mass is 16.3. The second-order valence-corrected chi connectivity index (χ2v) is 5.43. The van der Waals surface area contributed by atoms with Gasteiger partial charge in [0.25, 0.3) is 0 Å². The minimum Gasteiger partial charge on any atom is -0.472 e. The molecule has 1 aliphatic carbocycles. The summed E-state index contributed by atoms with van der Waals surface area (Å²) in [5, 5.41) is 0. The normalized spacial score (nSPS) is 20.4. The molecule has 1 heterocycles. The zero-order valence-corrected chi connectivity index (χ0v) is 11.7. The highest BCUT2D eigenvalue weighted by Crippen LogP contribution is 2.38. The van der Waals surface area contributed by atoms with Crippen LogP contribution in [-0.4, -0.2) is 29.6 Å². The van der Waals surface area contributed by atoms with Crippen LogP contribution in [0.1, 0.15) is 45.1 Å². The lowest BCUT2D eigenvalue weighted by molar-refractivity contribution is 0.0771. The molecule has 1 saturated carbocycles. The molecule has 0 radical (unpaired) electrons. The summed E-state index contributed by atoms with van der Waals surface area (Å²) >= 11 is 0. The Bertz CT molecular complexity index is 337. The topological polar surface area (TPSA) is 42.4 Å². The molecule has 0 saturated heterocycles. The molecule has 0 bridgehead atoms. The van der Waals surface area contributed by atoms with Crippen molar-refractivity contribution in [2.24, 2.45) is 5.73 Å². The smallest absolute Gasteiger partial charge is 0.0935 e. The molecule has 2 rings (SSSR count). The molecule has 1 atom stereocenters. The van der Waals surface area contributed by atoms with Gasteiger partial charge in [-0.3, -0.25) is 4.90 Å². The van der Waals surface area contributed by atoms with Crippen LogP contribution in [0.5, 0.6) is 0 Å². The van der Waals surface area contributed by atoms with Crippen LogP contribution in [-0.2, 0) is 6.42 Å². The fourth-order valence-electron chi connectivity index (χ4n) is 3.61. The second kappa shape index (κ2) is 5.89. The Morgan fingerprint density at radius 3 is 2.50 bits per heavy atom. The van der Waals surface area contributed by atoms with E-state index in [2.05, 4.69) is 18.7 Å². The van der Waals surface area contributed by atoms with Gasteiger partial charge in [0.2, 0.25) is 0 Å². The van der Waals surface area contributed by atoms with E-state index in [1.165, 1.54) is 31.2 Å². The summed E-state index contributed by atoms with van der Waals surface area (Å²) in [6.45, 7) is 6.67. The summed E-state index contributed by atoms with van der Waals surface area (Å²) in [7, 11) is 0. The van der Waals surface area contributed by atoms with Crippen molar-refractivity contribution in [2.75, 3.05) is 13.1 Å². The molecule has 0 amide bonds. The Balaban J connectivity index is 2.13. The molecule has 2 N–H and O–H groups in total. The van der Waals surface area contributed by atoms with Crippen LogP contribution in [0.3, 0.4) is 0 Å². The lowest BCUT2D eigenvalue weighted by Crippen LogP contribution is -2.59. The van der Waals surface area contributed by atoms with E-state index < -0.39 is 0 Å². The van der Waals surface area contributed by atoms with Crippen molar-refractivity contribution in [1.29, 1.82) is 0 Å². The van der Waals surface area contributed by atoms with Crippen LogP contribution >= 0.6 is 0 Å². The van der Waals surface area contributed by atoms with Crippen LogP contribution in [0.25, 0.3) is 0 Å². The van der Waals surface area contributed by atoms with Gasteiger partial charge in [-0.2, -0.15) is 0 Å². The Morgan fingerprint density at radius 2 is 2.00 bits per heavy atom. The maximum absolute atomic E-state index is 6.57. The molecule has 1 aromatic rings. The van der Waals surface area contributed by atoms with E-state index in [0.717, 1.165) is 19.5 Å². The van der Waals surface area contributed by atoms with Gasteiger partial charge in [-0.1, -0.05) is 26.7 Å².